The number of nitrogens with zero attached hydrogens (tertiary/aromatic N) is 12. The fourth-order valence-corrected chi connectivity index (χ4v) is 11.6. The number of hydrogen-bond acceptors (Lipinski definition) is 22. The van der Waals surface area contributed by atoms with Gasteiger partial charge >= 0.3 is 0 Å². The van der Waals surface area contributed by atoms with Gasteiger partial charge in [0.2, 0.25) is 0 Å². The first-order valence-corrected chi connectivity index (χ1v) is 28.2. The Labute approximate surface area is 450 Å². The molecule has 0 bridgehead atoms. The standard InChI is InChI=1S/C27H30N6O3.C14H21N3O4S.C13H12N4O2.2H2/c1-17-31-21-6-9-35-27(21)23(32-17)12-18-2-4-20(5-3-18)36-25-14-19(33-7-10-34-11-8-33)13-22-26(25)24(15-28)30-16-29-22;1-9-15-12-7-8-20-13(12)14(16-9)17-10-3-5-11(6-4-10)21-22(2,18)19;14-7-11-13-10(15-8-16-11)5-9(6-12(13)18)17-1-3-19-4-2-17;;/h13-14,16,18,20H,2-12H2,1H3;10-11H,3-8H2,1-2H3,(H,15,16,17);5-6,8,18H,1-4H2;2*1H. The lowest BCUT2D eigenvalue weighted by molar-refractivity contribution is 0.122. The van der Waals surface area contributed by atoms with Crippen LogP contribution in [0.3, 0.4) is 0 Å². The molecule has 23 heteroatoms. The third kappa shape index (κ3) is 12.9. The molecule has 12 rings (SSSR count). The van der Waals surface area contributed by atoms with Crippen molar-refractivity contribution in [2.24, 2.45) is 5.92 Å². The van der Waals surface area contributed by atoms with E-state index in [4.69, 9.17) is 38.1 Å². The third-order valence-electron chi connectivity index (χ3n) is 14.6. The number of fused-ring (bicyclic) bond motifs is 4. The van der Waals surface area contributed by atoms with E-state index in [1.165, 1.54) is 12.7 Å². The van der Waals surface area contributed by atoms with Crippen molar-refractivity contribution in [2.75, 3.05) is 87.2 Å². The quantitative estimate of drug-likeness (QED) is 0.138. The lowest BCUT2D eigenvalue weighted by Crippen LogP contribution is -2.36. The molecule has 2 N–H and O–H groups in total. The molecule has 0 radical (unpaired) electrons. The maximum absolute atomic E-state index is 11.2. The first-order valence-electron chi connectivity index (χ1n) is 26.4. The minimum absolute atomic E-state index is 0. The van der Waals surface area contributed by atoms with Crippen LogP contribution in [-0.4, -0.2) is 144 Å². The number of aryl methyl sites for hydroxylation is 2. The molecule has 0 atom stereocenters. The molecule has 4 aromatic heterocycles. The molecule has 0 unspecified atom stereocenters. The van der Waals surface area contributed by atoms with Gasteiger partial charge in [0.15, 0.2) is 28.7 Å². The highest BCUT2D eigenvalue weighted by Gasteiger charge is 2.30. The van der Waals surface area contributed by atoms with Gasteiger partial charge in [0.1, 0.15) is 47.9 Å². The summed E-state index contributed by atoms with van der Waals surface area (Å²) in [6.45, 7) is 11.1. The number of rotatable bonds is 10. The molecular formula is C54H67N13O9S. The zero-order valence-corrected chi connectivity index (χ0v) is 44.4. The summed E-state index contributed by atoms with van der Waals surface area (Å²) in [5.41, 5.74) is 6.86. The summed E-state index contributed by atoms with van der Waals surface area (Å²) >= 11 is 0. The summed E-state index contributed by atoms with van der Waals surface area (Å²) in [7, 11) is -3.37. The normalized spacial score (nSPS) is 20.9. The van der Waals surface area contributed by atoms with Gasteiger partial charge in [0, 0.05) is 71.4 Å². The summed E-state index contributed by atoms with van der Waals surface area (Å²) in [6.07, 6.45) is 13.5. The van der Waals surface area contributed by atoms with Crippen LogP contribution in [-0.2, 0) is 43.0 Å². The van der Waals surface area contributed by atoms with Crippen LogP contribution in [0.4, 0.5) is 17.2 Å². The Morgan fingerprint density at radius 2 is 1.23 bits per heavy atom. The van der Waals surface area contributed by atoms with Gasteiger partial charge in [-0.15, -0.1) is 0 Å². The van der Waals surface area contributed by atoms with Gasteiger partial charge in [-0.05, 0) is 89.7 Å². The summed E-state index contributed by atoms with van der Waals surface area (Å²) in [4.78, 5) is 39.2. The van der Waals surface area contributed by atoms with E-state index in [0.717, 1.165) is 166 Å². The van der Waals surface area contributed by atoms with Gasteiger partial charge in [0.05, 0.1) is 97.0 Å². The number of ether oxygens (including phenoxy) is 5. The topological polar surface area (TPSA) is 279 Å². The molecule has 2 saturated heterocycles. The van der Waals surface area contributed by atoms with Crippen LogP contribution in [0.1, 0.15) is 94.3 Å². The number of aromatic nitrogens is 8. The Bertz CT molecular complexity index is 3310. The van der Waals surface area contributed by atoms with E-state index in [1.807, 2.05) is 38.1 Å². The van der Waals surface area contributed by atoms with Crippen molar-refractivity contribution in [1.29, 1.82) is 10.5 Å². The van der Waals surface area contributed by atoms with Crippen LogP contribution in [0.25, 0.3) is 21.8 Å². The lowest BCUT2D eigenvalue weighted by Gasteiger charge is -2.31. The first-order chi connectivity index (χ1) is 37.4. The van der Waals surface area contributed by atoms with Crippen LogP contribution in [0, 0.1) is 42.4 Å². The highest BCUT2D eigenvalue weighted by atomic mass is 32.2. The Morgan fingerprint density at radius 1 is 0.688 bits per heavy atom. The Hall–Kier alpha value is -7.31. The second-order valence-corrected chi connectivity index (χ2v) is 21.6. The molecule has 22 nitrogen and oxygen atoms in total. The molecule has 2 aromatic carbocycles. The average Bonchev–Trinajstić information content (AvgIpc) is 4.14. The van der Waals surface area contributed by atoms with E-state index in [9.17, 15) is 18.8 Å². The van der Waals surface area contributed by atoms with Gasteiger partial charge < -0.3 is 43.9 Å². The molecule has 0 amide bonds. The number of morpholine rings is 2. The molecule has 8 heterocycles. The fraction of sp³-hybridized carbons (Fsp3) is 0.519. The summed E-state index contributed by atoms with van der Waals surface area (Å²) < 4.78 is 56.3. The monoisotopic (exact) mass is 1070 g/mol. The smallest absolute Gasteiger partial charge is 0.264 e. The van der Waals surface area contributed by atoms with E-state index in [0.29, 0.717) is 73.3 Å². The Morgan fingerprint density at radius 3 is 1.84 bits per heavy atom. The van der Waals surface area contributed by atoms with Gasteiger partial charge in [-0.3, -0.25) is 4.18 Å². The van der Waals surface area contributed by atoms with Gasteiger partial charge in [0.25, 0.3) is 10.1 Å². The van der Waals surface area contributed by atoms with Gasteiger partial charge in [-0.1, -0.05) is 0 Å². The number of phenols is 1. The Kier molecular flexibility index (Phi) is 16.5. The lowest BCUT2D eigenvalue weighted by atomic mass is 9.84. The molecule has 77 heavy (non-hydrogen) atoms. The molecule has 408 valence electrons. The van der Waals surface area contributed by atoms with Crippen molar-refractivity contribution in [1.82, 2.24) is 39.9 Å². The maximum Gasteiger partial charge on any atom is 0.264 e. The maximum atomic E-state index is 11.2. The number of anilines is 3. The minimum Gasteiger partial charge on any atom is -0.507 e. The number of hydrogen-bond donors (Lipinski definition) is 2. The number of nitrogens with one attached hydrogen (secondary N) is 1. The predicted molar refractivity (Wildman–Crippen MR) is 288 cm³/mol. The van der Waals surface area contributed by atoms with E-state index >= 15 is 0 Å². The van der Waals surface area contributed by atoms with Gasteiger partial charge in [-0.25, -0.2) is 39.9 Å². The molecular weight excluding hydrogens is 1010 g/mol. The predicted octanol–water partition coefficient (Wildman–Crippen LogP) is 6.51. The molecule has 0 spiro atoms. The molecule has 2 saturated carbocycles. The second kappa shape index (κ2) is 23.9. The van der Waals surface area contributed by atoms with Crippen LogP contribution < -0.4 is 29.3 Å². The average molecular weight is 1070 g/mol. The van der Waals surface area contributed by atoms with Crippen LogP contribution in [0.5, 0.6) is 23.0 Å². The van der Waals surface area contributed by atoms with Crippen LogP contribution >= 0.6 is 0 Å². The minimum atomic E-state index is -3.37. The zero-order chi connectivity index (χ0) is 53.5. The summed E-state index contributed by atoms with van der Waals surface area (Å²) in [5.74, 6) is 5.28. The molecule has 6 aliphatic rings. The van der Waals surface area contributed by atoms with E-state index in [1.54, 1.807) is 6.07 Å². The first kappa shape index (κ1) is 53.1. The van der Waals surface area contributed by atoms with Crippen LogP contribution in [0.15, 0.2) is 36.9 Å². The molecule has 2 aliphatic carbocycles. The van der Waals surface area contributed by atoms with E-state index in [2.05, 4.69) is 56.1 Å². The molecule has 4 fully saturated rings. The number of phenolic OH excluding ortho intramolecular Hbond substituents is 1. The Balaban J connectivity index is 0.000000165. The van der Waals surface area contributed by atoms with Crippen LogP contribution in [0.2, 0.25) is 0 Å². The fourth-order valence-electron chi connectivity index (χ4n) is 10.9. The van der Waals surface area contributed by atoms with E-state index in [-0.39, 0.29) is 32.5 Å². The van der Waals surface area contributed by atoms with Gasteiger partial charge in [-0.2, -0.15) is 18.9 Å². The summed E-state index contributed by atoms with van der Waals surface area (Å²) in [6, 6.07) is 12.0. The zero-order valence-electron chi connectivity index (χ0n) is 43.6. The van der Waals surface area contributed by atoms with Crippen molar-refractivity contribution in [2.45, 2.75) is 103 Å². The van der Waals surface area contributed by atoms with Crippen molar-refractivity contribution in [3.8, 4) is 35.1 Å². The van der Waals surface area contributed by atoms with Crippen molar-refractivity contribution in [3.05, 3.63) is 77.0 Å². The molecule has 4 aliphatic heterocycles. The highest BCUT2D eigenvalue weighted by Crippen LogP contribution is 2.39. The number of aromatic hydroxyl groups is 1. The van der Waals surface area contributed by atoms with E-state index < -0.39 is 10.1 Å². The van der Waals surface area contributed by atoms with Crippen molar-refractivity contribution in [3.63, 3.8) is 0 Å². The number of benzene rings is 2. The molecule has 6 aromatic rings. The van der Waals surface area contributed by atoms with Crippen molar-refractivity contribution < 1.29 is 44.2 Å². The SMILES string of the molecule is Cc1nc2c(c(CC3CCC(Oc4cc(N5CCOCC5)cc5ncnc(C#N)c45)CC3)n1)OCC2.Cc1nc2c(c(NC3CCC(OS(C)(=O)=O)CC3)n1)OCC2.N#Cc1ncnc2cc(N3CCOCC3)cc(O)c12.[HH].[HH]. The second-order valence-electron chi connectivity index (χ2n) is 20.0. The highest BCUT2D eigenvalue weighted by molar-refractivity contribution is 7.86. The summed E-state index contributed by atoms with van der Waals surface area (Å²) in [5, 5.41) is 33.3. The van der Waals surface area contributed by atoms with Crippen molar-refractivity contribution >= 4 is 49.1 Å². The largest absolute Gasteiger partial charge is 0.507 e. The third-order valence-corrected chi connectivity index (χ3v) is 15.2. The number of nitriles is 2.